The highest BCUT2D eigenvalue weighted by atomic mass is 31.2. The van der Waals surface area contributed by atoms with Gasteiger partial charge in [0.25, 0.3) is 0 Å². The van der Waals surface area contributed by atoms with Gasteiger partial charge in [0.1, 0.15) is 17.6 Å². The molecule has 6 atom stereocenters. The zero-order valence-electron chi connectivity index (χ0n) is 33.0. The van der Waals surface area contributed by atoms with E-state index in [1.807, 2.05) is 0 Å². The molecule has 5 rings (SSSR count). The molecular formula is C41H44O17P2. The number of para-hydroxylation sites is 2. The van der Waals surface area contributed by atoms with E-state index < -0.39 is 82.9 Å². The SMILES string of the molecule is CC(=O)OC1C(OC(C)=O)[C@H](OC(C)=O)C([C@@H](COP(=O)(OCc2ccccc2)OCc2ccccc2)OC(C)=O)O[C@@H]1OP(=O)(Oc1ccccc1)Oc1ccccc1. The molecule has 1 aliphatic rings. The molecule has 0 bridgehead atoms. The van der Waals surface area contributed by atoms with Crippen LogP contribution >= 0.6 is 15.6 Å². The molecule has 1 fully saturated rings. The van der Waals surface area contributed by atoms with Gasteiger partial charge in [-0.2, -0.15) is 0 Å². The number of carbonyl (C=O) groups is 4. The summed E-state index contributed by atoms with van der Waals surface area (Å²) in [4.78, 5) is 50.7. The molecule has 1 saturated heterocycles. The molecule has 60 heavy (non-hydrogen) atoms. The van der Waals surface area contributed by atoms with E-state index in [0.29, 0.717) is 11.1 Å². The van der Waals surface area contributed by atoms with Gasteiger partial charge in [-0.25, -0.2) is 13.7 Å². The summed E-state index contributed by atoms with van der Waals surface area (Å²) >= 11 is 0. The highest BCUT2D eigenvalue weighted by Crippen LogP contribution is 2.54. The maximum absolute atomic E-state index is 14.7. The minimum atomic E-state index is -4.91. The molecule has 0 aromatic heterocycles. The number of ether oxygens (including phenoxy) is 5. The van der Waals surface area contributed by atoms with Gasteiger partial charge in [-0.3, -0.25) is 32.7 Å². The monoisotopic (exact) mass is 870 g/mol. The Bertz CT molecular complexity index is 2010. The predicted molar refractivity (Wildman–Crippen MR) is 210 cm³/mol. The Kier molecular flexibility index (Phi) is 16.6. The lowest BCUT2D eigenvalue weighted by molar-refractivity contribution is -0.301. The van der Waals surface area contributed by atoms with Crippen LogP contribution in [0.2, 0.25) is 0 Å². The molecule has 0 radical (unpaired) electrons. The van der Waals surface area contributed by atoms with Crippen molar-refractivity contribution in [2.75, 3.05) is 6.61 Å². The zero-order chi connectivity index (χ0) is 43.1. The third kappa shape index (κ3) is 14.1. The van der Waals surface area contributed by atoms with Crippen molar-refractivity contribution in [3.63, 3.8) is 0 Å². The third-order valence-electron chi connectivity index (χ3n) is 8.14. The first-order valence-electron chi connectivity index (χ1n) is 18.4. The Balaban J connectivity index is 1.55. The molecule has 0 aliphatic carbocycles. The molecule has 320 valence electrons. The van der Waals surface area contributed by atoms with Crippen molar-refractivity contribution in [1.82, 2.24) is 0 Å². The quantitative estimate of drug-likeness (QED) is 0.0486. The lowest BCUT2D eigenvalue weighted by Crippen LogP contribution is -2.65. The maximum Gasteiger partial charge on any atom is 0.590 e. The lowest BCUT2D eigenvalue weighted by Gasteiger charge is -2.46. The normalized spacial score (nSPS) is 19.6. The number of carbonyl (C=O) groups excluding carboxylic acids is 4. The average molecular weight is 871 g/mol. The van der Waals surface area contributed by atoms with Crippen LogP contribution in [0, 0.1) is 0 Å². The van der Waals surface area contributed by atoms with E-state index in [-0.39, 0.29) is 24.7 Å². The van der Waals surface area contributed by atoms with Crippen molar-refractivity contribution in [3.8, 4) is 11.5 Å². The van der Waals surface area contributed by atoms with Crippen molar-refractivity contribution in [3.05, 3.63) is 132 Å². The maximum atomic E-state index is 14.7. The molecule has 0 amide bonds. The zero-order valence-corrected chi connectivity index (χ0v) is 34.8. The Morgan fingerprint density at radius 3 is 1.38 bits per heavy atom. The summed E-state index contributed by atoms with van der Waals surface area (Å²) in [6.45, 7) is 2.83. The Labute approximate surface area is 346 Å². The summed E-state index contributed by atoms with van der Waals surface area (Å²) < 4.78 is 92.4. The van der Waals surface area contributed by atoms with Crippen LogP contribution in [0.25, 0.3) is 0 Å². The van der Waals surface area contributed by atoms with E-state index in [0.717, 1.165) is 27.7 Å². The topological polar surface area (TPSA) is 204 Å². The minimum absolute atomic E-state index is 0.0235. The smallest absolute Gasteiger partial charge is 0.457 e. The minimum Gasteiger partial charge on any atom is -0.457 e. The molecule has 1 heterocycles. The molecule has 3 unspecified atom stereocenters. The highest BCUT2D eigenvalue weighted by Gasteiger charge is 2.58. The van der Waals surface area contributed by atoms with Crippen molar-refractivity contribution in [1.29, 1.82) is 0 Å². The third-order valence-corrected chi connectivity index (χ3v) is 10.8. The molecule has 19 heteroatoms. The highest BCUT2D eigenvalue weighted by molar-refractivity contribution is 7.49. The van der Waals surface area contributed by atoms with Crippen LogP contribution in [0.1, 0.15) is 38.8 Å². The second-order valence-electron chi connectivity index (χ2n) is 13.0. The Morgan fingerprint density at radius 1 is 0.533 bits per heavy atom. The van der Waals surface area contributed by atoms with Crippen LogP contribution in [0.3, 0.4) is 0 Å². The number of hydrogen-bond donors (Lipinski definition) is 0. The predicted octanol–water partition coefficient (Wildman–Crippen LogP) is 7.28. The van der Waals surface area contributed by atoms with E-state index in [4.69, 9.17) is 50.8 Å². The van der Waals surface area contributed by atoms with Crippen molar-refractivity contribution >= 4 is 39.5 Å². The van der Waals surface area contributed by atoms with E-state index in [9.17, 15) is 28.3 Å². The van der Waals surface area contributed by atoms with Gasteiger partial charge in [0.2, 0.25) is 6.29 Å². The van der Waals surface area contributed by atoms with Gasteiger partial charge in [-0.05, 0) is 35.4 Å². The molecule has 4 aromatic rings. The van der Waals surface area contributed by atoms with Crippen molar-refractivity contribution < 1.29 is 79.1 Å². The molecule has 17 nitrogen and oxygen atoms in total. The largest absolute Gasteiger partial charge is 0.590 e. The number of esters is 4. The van der Waals surface area contributed by atoms with Crippen LogP contribution in [-0.4, -0.2) is 67.3 Å². The van der Waals surface area contributed by atoms with E-state index in [1.165, 1.54) is 24.3 Å². The van der Waals surface area contributed by atoms with Crippen LogP contribution in [0.15, 0.2) is 121 Å². The van der Waals surface area contributed by atoms with Gasteiger partial charge in [-0.1, -0.05) is 97.1 Å². The molecule has 0 saturated carbocycles. The fourth-order valence-corrected chi connectivity index (χ4v) is 8.21. The average Bonchev–Trinajstić information content (AvgIpc) is 3.21. The van der Waals surface area contributed by atoms with E-state index in [2.05, 4.69) is 0 Å². The summed E-state index contributed by atoms with van der Waals surface area (Å²) in [5.41, 5.74) is 1.24. The van der Waals surface area contributed by atoms with E-state index >= 15 is 0 Å². The number of benzene rings is 4. The fourth-order valence-electron chi connectivity index (χ4n) is 5.74. The van der Waals surface area contributed by atoms with Gasteiger partial charge in [-0.15, -0.1) is 0 Å². The van der Waals surface area contributed by atoms with Gasteiger partial charge in [0, 0.05) is 27.7 Å². The van der Waals surface area contributed by atoms with E-state index in [1.54, 1.807) is 97.1 Å². The Hall–Kier alpha value is -5.38. The number of phosphoric ester groups is 2. The molecular weight excluding hydrogens is 826 g/mol. The molecule has 1 aliphatic heterocycles. The lowest BCUT2D eigenvalue weighted by atomic mass is 9.94. The summed E-state index contributed by atoms with van der Waals surface area (Å²) in [5.74, 6) is -3.72. The molecule has 0 N–H and O–H groups in total. The fraction of sp³-hybridized carbons (Fsp3) is 0.317. The van der Waals surface area contributed by atoms with Crippen LogP contribution in [0.4, 0.5) is 0 Å². The van der Waals surface area contributed by atoms with Gasteiger partial charge >= 0.3 is 39.5 Å². The van der Waals surface area contributed by atoms with Crippen molar-refractivity contribution in [2.24, 2.45) is 0 Å². The first-order valence-corrected chi connectivity index (χ1v) is 21.4. The number of phosphoric acid groups is 2. The summed E-state index contributed by atoms with van der Waals surface area (Å²) in [5, 5.41) is 0. The standard InChI is InChI=1S/C41H44O17P2/c1-28(42)51-36(27-50-59(46,48-25-32-17-9-5-10-18-32)49-26-33-19-11-6-12-20-33)37-38(52-29(2)43)39(53-30(3)44)40(54-31(4)45)41(55-37)58-60(47,56-34-21-13-7-14-22-34)57-35-23-15-8-16-24-35/h5-24,36-41H,25-27H2,1-4H3/t36-,37?,38-,39?,40?,41-/m1/s1. The van der Waals surface area contributed by atoms with Crippen LogP contribution < -0.4 is 9.05 Å². The summed E-state index contributed by atoms with van der Waals surface area (Å²) in [6, 6.07) is 33.0. The second-order valence-corrected chi connectivity index (χ2v) is 16.1. The number of rotatable bonds is 20. The molecule has 4 aromatic carbocycles. The van der Waals surface area contributed by atoms with Gasteiger partial charge < -0.3 is 32.7 Å². The summed E-state index contributed by atoms with van der Waals surface area (Å²) in [6.07, 6.45) is -10.9. The van der Waals surface area contributed by atoms with Gasteiger partial charge in [0.15, 0.2) is 24.4 Å². The van der Waals surface area contributed by atoms with Gasteiger partial charge in [0.05, 0.1) is 19.8 Å². The summed E-state index contributed by atoms with van der Waals surface area (Å²) in [7, 11) is -9.48. The Morgan fingerprint density at radius 2 is 0.950 bits per heavy atom. The second kappa shape index (κ2) is 21.7. The number of hydrogen-bond acceptors (Lipinski definition) is 17. The first kappa shape index (κ1) is 45.7. The van der Waals surface area contributed by atoms with Crippen LogP contribution in [-0.2, 0) is 83.3 Å². The van der Waals surface area contributed by atoms with Crippen LogP contribution in [0.5, 0.6) is 11.5 Å². The first-order chi connectivity index (χ1) is 28.7. The van der Waals surface area contributed by atoms with Crippen molar-refractivity contribution in [2.45, 2.75) is 77.7 Å². The molecule has 0 spiro atoms.